The lowest BCUT2D eigenvalue weighted by molar-refractivity contribution is -0.140. The van der Waals surface area contributed by atoms with E-state index in [-0.39, 0.29) is 18.7 Å². The van der Waals surface area contributed by atoms with Crippen molar-refractivity contribution in [1.29, 1.82) is 0 Å². The maximum atomic E-state index is 11.6. The van der Waals surface area contributed by atoms with E-state index in [1.54, 1.807) is 14.2 Å². The number of methoxy groups -OCH3 is 1. The molecule has 0 unspecified atom stereocenters. The minimum absolute atomic E-state index is 0.0236. The molecule has 1 amide bonds. The van der Waals surface area contributed by atoms with E-state index < -0.39 is 5.97 Å². The Labute approximate surface area is 106 Å². The van der Waals surface area contributed by atoms with Crippen LogP contribution in [0.1, 0.15) is 18.4 Å². The summed E-state index contributed by atoms with van der Waals surface area (Å²) in [6.07, 6.45) is -0.114. The second kappa shape index (κ2) is 6.64. The van der Waals surface area contributed by atoms with E-state index in [0.717, 1.165) is 11.3 Å². The van der Waals surface area contributed by atoms with E-state index in [0.29, 0.717) is 6.54 Å². The smallest absolute Gasteiger partial charge is 0.303 e. The first-order valence-corrected chi connectivity index (χ1v) is 5.61. The van der Waals surface area contributed by atoms with Crippen LogP contribution in [0.15, 0.2) is 24.3 Å². The number of ether oxygens (including phenoxy) is 1. The van der Waals surface area contributed by atoms with Gasteiger partial charge in [-0.15, -0.1) is 0 Å². The van der Waals surface area contributed by atoms with Gasteiger partial charge >= 0.3 is 5.97 Å². The van der Waals surface area contributed by atoms with Crippen LogP contribution in [-0.2, 0) is 16.1 Å². The Bertz CT molecular complexity index is 431. The first-order valence-electron chi connectivity index (χ1n) is 5.61. The highest BCUT2D eigenvalue weighted by atomic mass is 16.5. The van der Waals surface area contributed by atoms with Gasteiger partial charge in [0.15, 0.2) is 0 Å². The normalized spacial score (nSPS) is 9.89. The van der Waals surface area contributed by atoms with Gasteiger partial charge in [0, 0.05) is 20.0 Å². The van der Waals surface area contributed by atoms with Gasteiger partial charge in [-0.05, 0) is 17.7 Å². The molecule has 5 nitrogen and oxygen atoms in total. The topological polar surface area (TPSA) is 66.8 Å². The zero-order chi connectivity index (χ0) is 13.5. The standard InChI is InChI=1S/C13H17NO4/c1-14(12(15)6-7-13(16)17)9-10-4-3-5-11(8-10)18-2/h3-5,8H,6-7,9H2,1-2H3,(H,16,17). The molecule has 0 saturated carbocycles. The van der Waals surface area contributed by atoms with Crippen LogP contribution >= 0.6 is 0 Å². The molecule has 0 aliphatic heterocycles. The van der Waals surface area contributed by atoms with Gasteiger partial charge in [0.25, 0.3) is 0 Å². The van der Waals surface area contributed by atoms with Crippen LogP contribution in [0.3, 0.4) is 0 Å². The van der Waals surface area contributed by atoms with Crippen LogP contribution in [0.25, 0.3) is 0 Å². The van der Waals surface area contributed by atoms with Gasteiger partial charge in [0.1, 0.15) is 5.75 Å². The van der Waals surface area contributed by atoms with Crippen LogP contribution in [0, 0.1) is 0 Å². The average Bonchev–Trinajstić information content (AvgIpc) is 2.36. The van der Waals surface area contributed by atoms with Gasteiger partial charge in [-0.25, -0.2) is 0 Å². The van der Waals surface area contributed by atoms with Gasteiger partial charge in [-0.1, -0.05) is 12.1 Å². The highest BCUT2D eigenvalue weighted by molar-refractivity contribution is 5.80. The number of carbonyl (C=O) groups is 2. The molecule has 0 atom stereocenters. The van der Waals surface area contributed by atoms with Crippen LogP contribution in [0.4, 0.5) is 0 Å². The summed E-state index contributed by atoms with van der Waals surface area (Å²) in [7, 11) is 3.24. The van der Waals surface area contributed by atoms with Crippen LogP contribution in [-0.4, -0.2) is 36.0 Å². The Kier molecular flexibility index (Phi) is 5.17. The maximum Gasteiger partial charge on any atom is 0.303 e. The van der Waals surface area contributed by atoms with Crippen molar-refractivity contribution < 1.29 is 19.4 Å². The van der Waals surface area contributed by atoms with Gasteiger partial charge in [0.2, 0.25) is 5.91 Å². The number of nitrogens with zero attached hydrogens (tertiary/aromatic N) is 1. The van der Waals surface area contributed by atoms with Crippen molar-refractivity contribution in [3.63, 3.8) is 0 Å². The third kappa shape index (κ3) is 4.45. The van der Waals surface area contributed by atoms with Crippen molar-refractivity contribution in [2.75, 3.05) is 14.2 Å². The Morgan fingerprint density at radius 3 is 2.67 bits per heavy atom. The third-order valence-corrected chi connectivity index (χ3v) is 2.53. The number of amides is 1. The molecular formula is C13H17NO4. The van der Waals surface area contributed by atoms with Gasteiger partial charge in [-0.3, -0.25) is 9.59 Å². The molecule has 0 aliphatic rings. The van der Waals surface area contributed by atoms with Crippen LogP contribution in [0.2, 0.25) is 0 Å². The van der Waals surface area contributed by atoms with Crippen molar-refractivity contribution in [1.82, 2.24) is 4.90 Å². The van der Waals surface area contributed by atoms with Crippen LogP contribution < -0.4 is 4.74 Å². The Balaban J connectivity index is 2.54. The minimum atomic E-state index is -0.960. The first kappa shape index (κ1) is 14.0. The summed E-state index contributed by atoms with van der Waals surface area (Å²) in [4.78, 5) is 23.5. The summed E-state index contributed by atoms with van der Waals surface area (Å²) in [6, 6.07) is 7.42. The van der Waals surface area contributed by atoms with E-state index in [2.05, 4.69) is 0 Å². The van der Waals surface area contributed by atoms with Crippen LogP contribution in [0.5, 0.6) is 5.75 Å². The molecule has 1 aromatic carbocycles. The monoisotopic (exact) mass is 251 g/mol. The number of carbonyl (C=O) groups excluding carboxylic acids is 1. The number of rotatable bonds is 6. The van der Waals surface area contributed by atoms with Crippen molar-refractivity contribution in [2.24, 2.45) is 0 Å². The quantitative estimate of drug-likeness (QED) is 0.832. The van der Waals surface area contributed by atoms with Crippen molar-refractivity contribution in [3.05, 3.63) is 29.8 Å². The second-order valence-corrected chi connectivity index (χ2v) is 4.00. The molecule has 0 heterocycles. The zero-order valence-corrected chi connectivity index (χ0v) is 10.5. The molecule has 98 valence electrons. The number of aliphatic carboxylic acids is 1. The van der Waals surface area contributed by atoms with E-state index in [1.165, 1.54) is 4.90 Å². The lowest BCUT2D eigenvalue weighted by Crippen LogP contribution is -2.26. The SMILES string of the molecule is COc1cccc(CN(C)C(=O)CCC(=O)O)c1. The fourth-order valence-corrected chi connectivity index (χ4v) is 1.54. The molecule has 0 aromatic heterocycles. The molecule has 0 fully saturated rings. The van der Waals surface area contributed by atoms with E-state index in [1.807, 2.05) is 24.3 Å². The highest BCUT2D eigenvalue weighted by Gasteiger charge is 2.11. The summed E-state index contributed by atoms with van der Waals surface area (Å²) < 4.78 is 5.09. The Morgan fingerprint density at radius 1 is 1.33 bits per heavy atom. The summed E-state index contributed by atoms with van der Waals surface area (Å²) >= 11 is 0. The molecule has 0 saturated heterocycles. The molecule has 18 heavy (non-hydrogen) atoms. The Hall–Kier alpha value is -2.04. The van der Waals surface area contributed by atoms with E-state index in [4.69, 9.17) is 9.84 Å². The molecule has 1 aromatic rings. The lowest BCUT2D eigenvalue weighted by atomic mass is 10.2. The molecule has 0 spiro atoms. The highest BCUT2D eigenvalue weighted by Crippen LogP contribution is 2.14. The van der Waals surface area contributed by atoms with Gasteiger partial charge in [-0.2, -0.15) is 0 Å². The minimum Gasteiger partial charge on any atom is -0.497 e. The van der Waals surface area contributed by atoms with Gasteiger partial charge in [0.05, 0.1) is 13.5 Å². The third-order valence-electron chi connectivity index (χ3n) is 2.53. The lowest BCUT2D eigenvalue weighted by Gasteiger charge is -2.17. The summed E-state index contributed by atoms with van der Waals surface area (Å²) in [5.41, 5.74) is 0.945. The summed E-state index contributed by atoms with van der Waals surface area (Å²) in [5, 5.41) is 8.51. The number of carboxylic acid groups (broad SMARTS) is 1. The molecule has 1 N–H and O–H groups in total. The van der Waals surface area contributed by atoms with Crippen molar-refractivity contribution >= 4 is 11.9 Å². The fourth-order valence-electron chi connectivity index (χ4n) is 1.54. The van der Waals surface area contributed by atoms with Crippen molar-refractivity contribution in [3.8, 4) is 5.75 Å². The second-order valence-electron chi connectivity index (χ2n) is 4.00. The average molecular weight is 251 g/mol. The molecule has 0 radical (unpaired) electrons. The maximum absolute atomic E-state index is 11.6. The molecule has 1 rings (SSSR count). The van der Waals surface area contributed by atoms with Crippen molar-refractivity contribution in [2.45, 2.75) is 19.4 Å². The number of carboxylic acids is 1. The summed E-state index contributed by atoms with van der Waals surface area (Å²) in [6.45, 7) is 0.440. The number of hydrogen-bond donors (Lipinski definition) is 1. The first-order chi connectivity index (χ1) is 8.52. The number of benzene rings is 1. The molecule has 0 aliphatic carbocycles. The molecular weight excluding hydrogens is 234 g/mol. The zero-order valence-electron chi connectivity index (χ0n) is 10.5. The van der Waals surface area contributed by atoms with E-state index >= 15 is 0 Å². The van der Waals surface area contributed by atoms with Gasteiger partial charge < -0.3 is 14.7 Å². The Morgan fingerprint density at radius 2 is 2.06 bits per heavy atom. The predicted octanol–water partition coefficient (Wildman–Crippen LogP) is 1.52. The summed E-state index contributed by atoms with van der Waals surface area (Å²) in [5.74, 6) is -0.405. The largest absolute Gasteiger partial charge is 0.497 e. The molecule has 5 heteroatoms. The predicted molar refractivity (Wildman–Crippen MR) is 66.3 cm³/mol. The van der Waals surface area contributed by atoms with E-state index in [9.17, 15) is 9.59 Å². The molecule has 0 bridgehead atoms. The number of hydrogen-bond acceptors (Lipinski definition) is 3. The fraction of sp³-hybridized carbons (Fsp3) is 0.385.